The van der Waals surface area contributed by atoms with E-state index < -0.39 is 21.9 Å². The van der Waals surface area contributed by atoms with Gasteiger partial charge in [-0.05, 0) is 5.92 Å². The molecule has 2 heterocycles. The van der Waals surface area contributed by atoms with Crippen LogP contribution in [0.1, 0.15) is 6.92 Å². The Morgan fingerprint density at radius 2 is 2.15 bits per heavy atom. The first-order chi connectivity index (χ1) is 9.28. The van der Waals surface area contributed by atoms with E-state index in [2.05, 4.69) is 4.98 Å². The molecule has 0 spiro atoms. The molecule has 1 aliphatic heterocycles. The maximum absolute atomic E-state index is 12.6. The second-order valence-corrected chi connectivity index (χ2v) is 6.83. The smallest absolute Gasteiger partial charge is 0.310 e. The molecule has 2 rings (SSSR count). The Kier molecular flexibility index (Phi) is 3.74. The first-order valence-corrected chi connectivity index (χ1v) is 7.57. The highest BCUT2D eigenvalue weighted by atomic mass is 32.2. The third-order valence-corrected chi connectivity index (χ3v) is 5.54. The number of esters is 1. The van der Waals surface area contributed by atoms with Gasteiger partial charge in [-0.15, -0.1) is 0 Å². The van der Waals surface area contributed by atoms with Gasteiger partial charge in [0.1, 0.15) is 0 Å². The normalized spacial score (nSPS) is 23.9. The number of aromatic nitrogens is 2. The summed E-state index contributed by atoms with van der Waals surface area (Å²) >= 11 is 0. The van der Waals surface area contributed by atoms with Crippen LogP contribution in [0.25, 0.3) is 0 Å². The van der Waals surface area contributed by atoms with E-state index in [4.69, 9.17) is 10.5 Å². The van der Waals surface area contributed by atoms with Crippen molar-refractivity contribution in [2.45, 2.75) is 11.9 Å². The van der Waals surface area contributed by atoms with E-state index in [1.165, 1.54) is 22.3 Å². The molecule has 8 nitrogen and oxygen atoms in total. The van der Waals surface area contributed by atoms with Gasteiger partial charge < -0.3 is 15.0 Å². The Morgan fingerprint density at radius 3 is 2.65 bits per heavy atom. The van der Waals surface area contributed by atoms with Gasteiger partial charge in [-0.3, -0.25) is 4.79 Å². The number of hydrogen-bond acceptors (Lipinski definition) is 6. The predicted molar refractivity (Wildman–Crippen MR) is 71.0 cm³/mol. The molecule has 0 aromatic carbocycles. The van der Waals surface area contributed by atoms with Gasteiger partial charge >= 0.3 is 5.97 Å². The Hall–Kier alpha value is -1.61. The number of aryl methyl sites for hydroxylation is 1. The summed E-state index contributed by atoms with van der Waals surface area (Å²) in [5.74, 6) is -0.995. The molecule has 0 bridgehead atoms. The average Bonchev–Trinajstić information content (AvgIpc) is 2.92. The molecule has 1 fully saturated rings. The third-order valence-electron chi connectivity index (χ3n) is 3.58. The van der Waals surface area contributed by atoms with E-state index in [0.29, 0.717) is 0 Å². The van der Waals surface area contributed by atoms with Crippen LogP contribution in [0.4, 0.5) is 5.82 Å². The lowest BCUT2D eigenvalue weighted by Crippen LogP contribution is -2.32. The van der Waals surface area contributed by atoms with Gasteiger partial charge in [0.25, 0.3) is 10.0 Å². The summed E-state index contributed by atoms with van der Waals surface area (Å²) in [5.41, 5.74) is 5.62. The second-order valence-electron chi connectivity index (χ2n) is 4.97. The van der Waals surface area contributed by atoms with Gasteiger partial charge in [0.05, 0.1) is 19.4 Å². The summed E-state index contributed by atoms with van der Waals surface area (Å²) in [6, 6.07) is 0. The highest BCUT2D eigenvalue weighted by molar-refractivity contribution is 7.89. The van der Waals surface area contributed by atoms with E-state index in [-0.39, 0.29) is 29.9 Å². The Morgan fingerprint density at radius 1 is 1.50 bits per heavy atom. The van der Waals surface area contributed by atoms with Crippen molar-refractivity contribution in [2.24, 2.45) is 18.9 Å². The summed E-state index contributed by atoms with van der Waals surface area (Å²) in [5, 5.41) is -0.0461. The summed E-state index contributed by atoms with van der Waals surface area (Å²) in [6.07, 6.45) is 1.35. The Balaban J connectivity index is 2.31. The number of methoxy groups -OCH3 is 1. The number of sulfonamides is 1. The zero-order chi connectivity index (χ0) is 15.1. The van der Waals surface area contributed by atoms with Crippen LogP contribution >= 0.6 is 0 Å². The highest BCUT2D eigenvalue weighted by Crippen LogP contribution is 2.30. The van der Waals surface area contributed by atoms with Crippen LogP contribution in [0.5, 0.6) is 0 Å². The molecule has 1 saturated heterocycles. The van der Waals surface area contributed by atoms with Crippen LogP contribution in [0.3, 0.4) is 0 Å². The van der Waals surface area contributed by atoms with Gasteiger partial charge in [-0.25, -0.2) is 13.4 Å². The number of carbonyl (C=O) groups excluding carboxylic acids is 1. The fourth-order valence-corrected chi connectivity index (χ4v) is 4.21. The molecule has 2 unspecified atom stereocenters. The minimum Gasteiger partial charge on any atom is -0.469 e. The van der Waals surface area contributed by atoms with Crippen molar-refractivity contribution in [2.75, 3.05) is 25.9 Å². The summed E-state index contributed by atoms with van der Waals surface area (Å²) in [4.78, 5) is 15.4. The van der Waals surface area contributed by atoms with Crippen molar-refractivity contribution in [1.82, 2.24) is 13.9 Å². The SMILES string of the molecule is COC(=O)C1CN(S(=O)(=O)c2c(N)ncn2C)CC1C. The number of ether oxygens (including phenoxy) is 1. The van der Waals surface area contributed by atoms with Crippen molar-refractivity contribution in [1.29, 1.82) is 0 Å². The van der Waals surface area contributed by atoms with Crippen LogP contribution in [-0.2, 0) is 26.6 Å². The fraction of sp³-hybridized carbons (Fsp3) is 0.636. The number of nitrogens with two attached hydrogens (primary N) is 1. The number of rotatable bonds is 3. The van der Waals surface area contributed by atoms with Gasteiger partial charge in [-0.2, -0.15) is 4.31 Å². The van der Waals surface area contributed by atoms with Crippen LogP contribution in [0, 0.1) is 11.8 Å². The van der Waals surface area contributed by atoms with Crippen LogP contribution in [0.15, 0.2) is 11.4 Å². The lowest BCUT2D eigenvalue weighted by molar-refractivity contribution is -0.145. The summed E-state index contributed by atoms with van der Waals surface area (Å²) in [6.45, 7) is 2.18. The number of anilines is 1. The molecule has 0 amide bonds. The molecule has 0 radical (unpaired) electrons. The predicted octanol–water partition coefficient (Wildman–Crippen LogP) is -0.568. The monoisotopic (exact) mass is 302 g/mol. The van der Waals surface area contributed by atoms with Gasteiger partial charge in [-0.1, -0.05) is 6.92 Å². The number of nitrogen functional groups attached to an aromatic ring is 1. The standard InChI is InChI=1S/C11H18N4O4S/c1-7-4-15(5-8(7)11(16)19-3)20(17,18)10-9(12)13-6-14(10)2/h6-8H,4-5,12H2,1-3H3. The van der Waals surface area contributed by atoms with E-state index in [1.807, 2.05) is 6.92 Å². The minimum atomic E-state index is -3.76. The zero-order valence-corrected chi connectivity index (χ0v) is 12.4. The van der Waals surface area contributed by atoms with Gasteiger partial charge in [0.2, 0.25) is 0 Å². The highest BCUT2D eigenvalue weighted by Gasteiger charge is 2.42. The molecule has 1 aromatic rings. The van der Waals surface area contributed by atoms with Gasteiger partial charge in [0.15, 0.2) is 10.8 Å². The number of imidazole rings is 1. The van der Waals surface area contributed by atoms with Crippen molar-refractivity contribution in [3.8, 4) is 0 Å². The first-order valence-electron chi connectivity index (χ1n) is 6.13. The number of hydrogen-bond donors (Lipinski definition) is 1. The van der Waals surface area contributed by atoms with Crippen molar-refractivity contribution < 1.29 is 17.9 Å². The molecule has 112 valence electrons. The minimum absolute atomic E-state index is 0.0401. The molecule has 0 aliphatic carbocycles. The summed E-state index contributed by atoms with van der Waals surface area (Å²) < 4.78 is 32.5. The topological polar surface area (TPSA) is 108 Å². The van der Waals surface area contributed by atoms with Crippen molar-refractivity contribution >= 4 is 21.8 Å². The fourth-order valence-electron chi connectivity index (χ4n) is 2.45. The molecule has 20 heavy (non-hydrogen) atoms. The average molecular weight is 302 g/mol. The van der Waals surface area contributed by atoms with E-state index in [1.54, 1.807) is 7.05 Å². The van der Waals surface area contributed by atoms with Crippen LogP contribution in [0.2, 0.25) is 0 Å². The van der Waals surface area contributed by atoms with E-state index >= 15 is 0 Å². The molecular weight excluding hydrogens is 284 g/mol. The second kappa shape index (κ2) is 5.06. The van der Waals surface area contributed by atoms with Crippen molar-refractivity contribution in [3.63, 3.8) is 0 Å². The number of carbonyl (C=O) groups is 1. The summed E-state index contributed by atoms with van der Waals surface area (Å²) in [7, 11) is -0.903. The van der Waals surface area contributed by atoms with E-state index in [0.717, 1.165) is 0 Å². The lowest BCUT2D eigenvalue weighted by Gasteiger charge is -2.16. The van der Waals surface area contributed by atoms with Gasteiger partial charge in [0, 0.05) is 20.1 Å². The Labute approximate surface area is 117 Å². The van der Waals surface area contributed by atoms with Crippen LogP contribution < -0.4 is 5.73 Å². The van der Waals surface area contributed by atoms with E-state index in [9.17, 15) is 13.2 Å². The first kappa shape index (κ1) is 14.8. The molecular formula is C11H18N4O4S. The molecule has 0 saturated carbocycles. The molecule has 1 aromatic heterocycles. The lowest BCUT2D eigenvalue weighted by atomic mass is 9.99. The molecule has 2 atom stereocenters. The maximum Gasteiger partial charge on any atom is 0.310 e. The quantitative estimate of drug-likeness (QED) is 0.749. The maximum atomic E-state index is 12.6. The molecule has 1 aliphatic rings. The largest absolute Gasteiger partial charge is 0.469 e. The third kappa shape index (κ3) is 2.27. The molecule has 9 heteroatoms. The van der Waals surface area contributed by atoms with Crippen molar-refractivity contribution in [3.05, 3.63) is 6.33 Å². The Bertz CT molecular complexity index is 605. The van der Waals surface area contributed by atoms with Crippen LogP contribution in [-0.4, -0.2) is 48.4 Å². The number of nitrogens with zero attached hydrogens (tertiary/aromatic N) is 3. The zero-order valence-electron chi connectivity index (χ0n) is 11.6. The molecule has 2 N–H and O–H groups in total.